The van der Waals surface area contributed by atoms with Crippen molar-refractivity contribution in [1.29, 1.82) is 0 Å². The van der Waals surface area contributed by atoms with Gasteiger partial charge in [0.05, 0.1) is 6.04 Å². The van der Waals surface area contributed by atoms with Gasteiger partial charge in [-0.2, -0.15) is 0 Å². The van der Waals surface area contributed by atoms with Crippen LogP contribution in [0.3, 0.4) is 0 Å². The highest BCUT2D eigenvalue weighted by Gasteiger charge is 2.17. The van der Waals surface area contributed by atoms with Crippen LogP contribution >= 0.6 is 0 Å². The standard InChI is InChI=1S/C13H21N3O2/c1-10(16(2)7-4-8-17)13(18)15-12-6-3-5-11(14)9-12/h3,5-6,9-10,17H,4,7-8,14H2,1-2H3,(H,15,18). The van der Waals surface area contributed by atoms with Crippen LogP contribution in [-0.2, 0) is 4.79 Å². The average Bonchev–Trinajstić information content (AvgIpc) is 2.35. The van der Waals surface area contributed by atoms with Gasteiger partial charge in [-0.1, -0.05) is 6.07 Å². The summed E-state index contributed by atoms with van der Waals surface area (Å²) in [6.45, 7) is 2.65. The summed E-state index contributed by atoms with van der Waals surface area (Å²) in [5.41, 5.74) is 6.96. The summed E-state index contributed by atoms with van der Waals surface area (Å²) in [6.07, 6.45) is 0.659. The first-order valence-electron chi connectivity index (χ1n) is 6.02. The smallest absolute Gasteiger partial charge is 0.241 e. The number of aliphatic hydroxyl groups excluding tert-OH is 1. The summed E-state index contributed by atoms with van der Waals surface area (Å²) in [5, 5.41) is 11.6. The van der Waals surface area contributed by atoms with Crippen molar-refractivity contribution < 1.29 is 9.90 Å². The number of nitrogens with one attached hydrogen (secondary N) is 1. The number of nitrogens with two attached hydrogens (primary N) is 1. The summed E-state index contributed by atoms with van der Waals surface area (Å²) in [6, 6.07) is 6.84. The van der Waals surface area contributed by atoms with E-state index in [0.717, 1.165) is 0 Å². The van der Waals surface area contributed by atoms with Gasteiger partial charge in [0.15, 0.2) is 0 Å². The van der Waals surface area contributed by atoms with Crippen molar-refractivity contribution in [3.05, 3.63) is 24.3 Å². The van der Waals surface area contributed by atoms with Gasteiger partial charge in [0.25, 0.3) is 0 Å². The second-order valence-electron chi connectivity index (χ2n) is 4.35. The zero-order valence-electron chi connectivity index (χ0n) is 10.9. The summed E-state index contributed by atoms with van der Waals surface area (Å²) in [7, 11) is 1.86. The lowest BCUT2D eigenvalue weighted by molar-refractivity contribution is -0.120. The highest BCUT2D eigenvalue weighted by atomic mass is 16.3. The Bertz CT molecular complexity index is 396. The lowest BCUT2D eigenvalue weighted by Crippen LogP contribution is -2.40. The van der Waals surface area contributed by atoms with Crippen LogP contribution in [0.4, 0.5) is 11.4 Å². The minimum atomic E-state index is -0.252. The van der Waals surface area contributed by atoms with Crippen LogP contribution in [0.1, 0.15) is 13.3 Å². The number of aliphatic hydroxyl groups is 1. The Kier molecular flexibility index (Phi) is 5.61. The Morgan fingerprint density at radius 2 is 2.28 bits per heavy atom. The Morgan fingerprint density at radius 1 is 1.56 bits per heavy atom. The molecule has 1 rings (SSSR count). The average molecular weight is 251 g/mol. The van der Waals surface area contributed by atoms with E-state index in [2.05, 4.69) is 5.32 Å². The monoisotopic (exact) mass is 251 g/mol. The number of likely N-dealkylation sites (N-methyl/N-ethyl adjacent to an activating group) is 1. The molecule has 1 aromatic carbocycles. The van der Waals surface area contributed by atoms with Crippen LogP contribution in [0.25, 0.3) is 0 Å². The van der Waals surface area contributed by atoms with E-state index in [0.29, 0.717) is 24.3 Å². The van der Waals surface area contributed by atoms with E-state index in [1.807, 2.05) is 18.9 Å². The molecular weight excluding hydrogens is 230 g/mol. The number of carbonyl (C=O) groups excluding carboxylic acids is 1. The molecule has 18 heavy (non-hydrogen) atoms. The van der Waals surface area contributed by atoms with Gasteiger partial charge in [-0.15, -0.1) is 0 Å². The quantitative estimate of drug-likeness (QED) is 0.657. The van der Waals surface area contributed by atoms with Gasteiger partial charge in [0.1, 0.15) is 0 Å². The second kappa shape index (κ2) is 6.98. The van der Waals surface area contributed by atoms with Crippen LogP contribution < -0.4 is 11.1 Å². The maximum atomic E-state index is 12.0. The molecule has 1 unspecified atom stereocenters. The predicted octanol–water partition coefficient (Wildman–Crippen LogP) is 0.910. The van der Waals surface area contributed by atoms with Crippen LogP contribution in [0.15, 0.2) is 24.3 Å². The SMILES string of the molecule is CC(C(=O)Nc1cccc(N)c1)N(C)CCCO. The third-order valence-corrected chi connectivity index (χ3v) is 2.86. The molecule has 1 aromatic rings. The van der Waals surface area contributed by atoms with Gasteiger partial charge in [0, 0.05) is 24.5 Å². The molecule has 5 heteroatoms. The number of nitrogen functional groups attached to an aromatic ring is 1. The summed E-state index contributed by atoms with van der Waals surface area (Å²) < 4.78 is 0. The van der Waals surface area contributed by atoms with E-state index in [-0.39, 0.29) is 18.6 Å². The summed E-state index contributed by atoms with van der Waals surface area (Å²) >= 11 is 0. The lowest BCUT2D eigenvalue weighted by atomic mass is 10.2. The maximum absolute atomic E-state index is 12.0. The number of amides is 1. The minimum absolute atomic E-state index is 0.0824. The molecule has 0 saturated carbocycles. The van der Waals surface area contributed by atoms with E-state index < -0.39 is 0 Å². The van der Waals surface area contributed by atoms with Crippen LogP contribution in [0.2, 0.25) is 0 Å². The van der Waals surface area contributed by atoms with Gasteiger partial charge in [-0.3, -0.25) is 9.69 Å². The molecule has 4 N–H and O–H groups in total. The minimum Gasteiger partial charge on any atom is -0.399 e. The Morgan fingerprint density at radius 3 is 2.89 bits per heavy atom. The van der Waals surface area contributed by atoms with Crippen LogP contribution in [0.5, 0.6) is 0 Å². The van der Waals surface area contributed by atoms with Gasteiger partial charge >= 0.3 is 0 Å². The number of benzene rings is 1. The molecule has 100 valence electrons. The predicted molar refractivity (Wildman–Crippen MR) is 73.3 cm³/mol. The van der Waals surface area contributed by atoms with E-state index >= 15 is 0 Å². The third kappa shape index (κ3) is 4.35. The van der Waals surface area contributed by atoms with Crippen LogP contribution in [0, 0.1) is 0 Å². The number of anilines is 2. The molecule has 0 aliphatic rings. The Hall–Kier alpha value is -1.59. The van der Waals surface area contributed by atoms with Crippen molar-refractivity contribution in [1.82, 2.24) is 4.90 Å². The highest BCUT2D eigenvalue weighted by Crippen LogP contribution is 2.12. The number of nitrogens with zero attached hydrogens (tertiary/aromatic N) is 1. The number of rotatable bonds is 6. The van der Waals surface area contributed by atoms with Crippen molar-refractivity contribution in [3.8, 4) is 0 Å². The van der Waals surface area contributed by atoms with Gasteiger partial charge in [-0.05, 0) is 38.6 Å². The normalized spacial score (nSPS) is 12.4. The number of hydrogen-bond acceptors (Lipinski definition) is 4. The summed E-state index contributed by atoms with van der Waals surface area (Å²) in [4.78, 5) is 13.9. The fourth-order valence-electron chi connectivity index (χ4n) is 1.58. The number of hydrogen-bond donors (Lipinski definition) is 3. The Labute approximate surface area is 108 Å². The molecule has 0 saturated heterocycles. The first kappa shape index (κ1) is 14.5. The van der Waals surface area contributed by atoms with Gasteiger partial charge in [-0.25, -0.2) is 0 Å². The van der Waals surface area contributed by atoms with Crippen molar-refractivity contribution in [2.24, 2.45) is 0 Å². The maximum Gasteiger partial charge on any atom is 0.241 e. The molecule has 0 aliphatic heterocycles. The summed E-state index contributed by atoms with van der Waals surface area (Å²) in [5.74, 6) is -0.0824. The molecule has 0 aliphatic carbocycles. The molecule has 1 atom stereocenters. The zero-order chi connectivity index (χ0) is 13.5. The largest absolute Gasteiger partial charge is 0.399 e. The molecule has 0 radical (unpaired) electrons. The molecule has 0 fully saturated rings. The second-order valence-corrected chi connectivity index (χ2v) is 4.35. The molecule has 0 bridgehead atoms. The topological polar surface area (TPSA) is 78.6 Å². The third-order valence-electron chi connectivity index (χ3n) is 2.86. The molecule has 1 amide bonds. The van der Waals surface area contributed by atoms with Crippen molar-refractivity contribution in [3.63, 3.8) is 0 Å². The van der Waals surface area contributed by atoms with Crippen molar-refractivity contribution in [2.45, 2.75) is 19.4 Å². The Balaban J connectivity index is 2.54. The van der Waals surface area contributed by atoms with Gasteiger partial charge < -0.3 is 16.2 Å². The van der Waals surface area contributed by atoms with Crippen molar-refractivity contribution >= 4 is 17.3 Å². The van der Waals surface area contributed by atoms with Gasteiger partial charge in [0.2, 0.25) is 5.91 Å². The molecule has 5 nitrogen and oxygen atoms in total. The molecule has 0 spiro atoms. The fourth-order valence-corrected chi connectivity index (χ4v) is 1.58. The first-order valence-corrected chi connectivity index (χ1v) is 6.02. The first-order chi connectivity index (χ1) is 8.54. The molecule has 0 aromatic heterocycles. The van der Waals surface area contributed by atoms with Crippen LogP contribution in [-0.4, -0.2) is 42.2 Å². The molecule has 0 heterocycles. The number of carbonyl (C=O) groups is 1. The highest BCUT2D eigenvalue weighted by molar-refractivity contribution is 5.94. The van der Waals surface area contributed by atoms with Crippen molar-refractivity contribution in [2.75, 3.05) is 31.2 Å². The zero-order valence-corrected chi connectivity index (χ0v) is 10.9. The van der Waals surface area contributed by atoms with E-state index in [9.17, 15) is 4.79 Å². The van der Waals surface area contributed by atoms with E-state index in [1.54, 1.807) is 24.3 Å². The molecular formula is C13H21N3O2. The van der Waals surface area contributed by atoms with E-state index in [4.69, 9.17) is 10.8 Å². The lowest BCUT2D eigenvalue weighted by Gasteiger charge is -2.23. The fraction of sp³-hybridized carbons (Fsp3) is 0.462. The van der Waals surface area contributed by atoms with E-state index in [1.165, 1.54) is 0 Å².